The first kappa shape index (κ1) is 17.6. The number of aromatic amines is 1. The zero-order valence-corrected chi connectivity index (χ0v) is 15.6. The lowest BCUT2D eigenvalue weighted by atomic mass is 10.2. The second-order valence-corrected chi connectivity index (χ2v) is 7.49. The van der Waals surface area contributed by atoms with Gasteiger partial charge in [-0.2, -0.15) is 0 Å². The molecule has 0 saturated carbocycles. The van der Waals surface area contributed by atoms with E-state index >= 15 is 0 Å². The lowest BCUT2D eigenvalue weighted by molar-refractivity contribution is -0.117. The number of imidazole rings is 1. The van der Waals surface area contributed by atoms with Crippen molar-refractivity contribution < 1.29 is 9.59 Å². The number of fused-ring (bicyclic) bond motifs is 1. The van der Waals surface area contributed by atoms with Crippen LogP contribution in [0.25, 0.3) is 11.0 Å². The number of aromatic nitrogens is 2. The van der Waals surface area contributed by atoms with Gasteiger partial charge in [0.05, 0.1) is 11.0 Å². The van der Waals surface area contributed by atoms with Gasteiger partial charge in [0.2, 0.25) is 11.8 Å². The highest BCUT2D eigenvalue weighted by molar-refractivity contribution is 7.99. The van der Waals surface area contributed by atoms with Gasteiger partial charge in [0.25, 0.3) is 0 Å². The van der Waals surface area contributed by atoms with Crippen LogP contribution < -0.4 is 10.2 Å². The van der Waals surface area contributed by atoms with Crippen LogP contribution in [0.1, 0.15) is 19.3 Å². The minimum Gasteiger partial charge on any atom is -0.333 e. The fraction of sp³-hybridized carbons (Fsp3) is 0.250. The topological polar surface area (TPSA) is 78.1 Å². The Balaban J connectivity index is 1.27. The molecule has 1 aliphatic heterocycles. The Hall–Kier alpha value is -2.80. The fourth-order valence-electron chi connectivity index (χ4n) is 3.11. The summed E-state index contributed by atoms with van der Waals surface area (Å²) in [7, 11) is 0. The van der Waals surface area contributed by atoms with Gasteiger partial charge < -0.3 is 15.2 Å². The Bertz CT molecular complexity index is 935. The molecule has 138 valence electrons. The van der Waals surface area contributed by atoms with Gasteiger partial charge >= 0.3 is 0 Å². The van der Waals surface area contributed by atoms with Gasteiger partial charge in [0.15, 0.2) is 5.16 Å². The third-order valence-electron chi connectivity index (χ3n) is 4.47. The van der Waals surface area contributed by atoms with Crippen LogP contribution in [0.3, 0.4) is 0 Å². The molecular formula is C20H20N4O2S. The van der Waals surface area contributed by atoms with E-state index in [1.807, 2.05) is 48.5 Å². The number of rotatable bonds is 6. The highest BCUT2D eigenvalue weighted by Gasteiger charge is 2.21. The van der Waals surface area contributed by atoms with Gasteiger partial charge in [-0.25, -0.2) is 4.98 Å². The number of hydrogen-bond acceptors (Lipinski definition) is 4. The predicted molar refractivity (Wildman–Crippen MR) is 108 cm³/mol. The molecule has 0 radical (unpaired) electrons. The maximum Gasteiger partial charge on any atom is 0.227 e. The number of nitrogens with zero attached hydrogens (tertiary/aromatic N) is 2. The number of anilines is 2. The first-order valence-corrected chi connectivity index (χ1v) is 9.95. The monoisotopic (exact) mass is 380 g/mol. The van der Waals surface area contributed by atoms with Gasteiger partial charge in [-0.05, 0) is 42.8 Å². The van der Waals surface area contributed by atoms with Gasteiger partial charge in [-0.15, -0.1) is 0 Å². The number of carbonyl (C=O) groups is 2. The molecule has 7 heteroatoms. The van der Waals surface area contributed by atoms with E-state index in [0.29, 0.717) is 18.6 Å². The summed E-state index contributed by atoms with van der Waals surface area (Å²) in [5.41, 5.74) is 3.56. The number of carbonyl (C=O) groups excluding carboxylic acids is 2. The predicted octanol–water partition coefficient (Wildman–Crippen LogP) is 3.81. The molecule has 3 aromatic rings. The van der Waals surface area contributed by atoms with Crippen molar-refractivity contribution in [2.24, 2.45) is 0 Å². The number of benzene rings is 2. The van der Waals surface area contributed by atoms with Gasteiger partial charge in [-0.3, -0.25) is 9.59 Å². The van der Waals surface area contributed by atoms with Crippen molar-refractivity contribution in [3.63, 3.8) is 0 Å². The smallest absolute Gasteiger partial charge is 0.227 e. The van der Waals surface area contributed by atoms with Crippen LogP contribution in [0.15, 0.2) is 53.7 Å². The Labute approximate surface area is 161 Å². The number of H-pyrrole nitrogens is 1. The number of hydrogen-bond donors (Lipinski definition) is 2. The van der Waals surface area contributed by atoms with E-state index in [-0.39, 0.29) is 11.8 Å². The standard InChI is InChI=1S/C20H20N4O2S/c25-18(11-13-27-20-22-16-4-1-2-5-17(16)23-20)21-14-7-9-15(10-8-14)24-12-3-6-19(24)26/h1-2,4-5,7-10H,3,6,11-13H2,(H,21,25)(H,22,23). The van der Waals surface area contributed by atoms with Crippen molar-refractivity contribution in [2.45, 2.75) is 24.4 Å². The molecule has 4 rings (SSSR count). The maximum atomic E-state index is 12.1. The molecule has 2 aromatic carbocycles. The molecule has 2 heterocycles. The van der Waals surface area contributed by atoms with Crippen molar-refractivity contribution >= 4 is 46.0 Å². The summed E-state index contributed by atoms with van der Waals surface area (Å²) in [6.07, 6.45) is 1.91. The average molecular weight is 380 g/mol. The van der Waals surface area contributed by atoms with Crippen molar-refractivity contribution in [3.05, 3.63) is 48.5 Å². The highest BCUT2D eigenvalue weighted by atomic mass is 32.2. The van der Waals surface area contributed by atoms with Crippen LogP contribution >= 0.6 is 11.8 Å². The van der Waals surface area contributed by atoms with Crippen LogP contribution in [-0.2, 0) is 9.59 Å². The minimum atomic E-state index is -0.0383. The Morgan fingerprint density at radius 1 is 1.19 bits per heavy atom. The van der Waals surface area contributed by atoms with E-state index in [4.69, 9.17) is 0 Å². The van der Waals surface area contributed by atoms with Gasteiger partial charge in [0.1, 0.15) is 0 Å². The first-order chi connectivity index (χ1) is 13.2. The lowest BCUT2D eigenvalue weighted by Crippen LogP contribution is -2.23. The summed E-state index contributed by atoms with van der Waals surface area (Å²) in [4.78, 5) is 33.4. The molecular weight excluding hydrogens is 360 g/mol. The first-order valence-electron chi connectivity index (χ1n) is 8.97. The molecule has 2 amide bonds. The summed E-state index contributed by atoms with van der Waals surface area (Å²) in [6, 6.07) is 15.3. The molecule has 1 saturated heterocycles. The number of para-hydroxylation sites is 2. The minimum absolute atomic E-state index is 0.0383. The Morgan fingerprint density at radius 2 is 2.00 bits per heavy atom. The molecule has 0 spiro atoms. The van der Waals surface area contributed by atoms with E-state index in [9.17, 15) is 9.59 Å². The van der Waals surface area contributed by atoms with Crippen molar-refractivity contribution in [1.82, 2.24) is 9.97 Å². The molecule has 1 aromatic heterocycles. The quantitative estimate of drug-likeness (QED) is 0.638. The third-order valence-corrected chi connectivity index (χ3v) is 5.35. The van der Waals surface area contributed by atoms with E-state index < -0.39 is 0 Å². The molecule has 2 N–H and O–H groups in total. The average Bonchev–Trinajstić information content (AvgIpc) is 3.28. The van der Waals surface area contributed by atoms with Crippen LogP contribution in [0.2, 0.25) is 0 Å². The van der Waals surface area contributed by atoms with Crippen molar-refractivity contribution in [3.8, 4) is 0 Å². The Morgan fingerprint density at radius 3 is 2.74 bits per heavy atom. The zero-order chi connectivity index (χ0) is 18.6. The molecule has 6 nitrogen and oxygen atoms in total. The fourth-order valence-corrected chi connectivity index (χ4v) is 3.93. The maximum absolute atomic E-state index is 12.1. The molecule has 0 unspecified atom stereocenters. The van der Waals surface area contributed by atoms with Crippen molar-refractivity contribution in [2.75, 3.05) is 22.5 Å². The SMILES string of the molecule is O=C(CCSc1nc2ccccc2[nH]1)Nc1ccc(N2CCCC2=O)cc1. The van der Waals surface area contributed by atoms with E-state index in [1.165, 1.54) is 11.8 Å². The lowest BCUT2D eigenvalue weighted by Gasteiger charge is -2.16. The number of thioether (sulfide) groups is 1. The summed E-state index contributed by atoms with van der Waals surface area (Å²) in [5.74, 6) is 0.768. The highest BCUT2D eigenvalue weighted by Crippen LogP contribution is 2.23. The van der Waals surface area contributed by atoms with E-state index in [2.05, 4.69) is 15.3 Å². The van der Waals surface area contributed by atoms with Gasteiger partial charge in [0, 0.05) is 36.5 Å². The van der Waals surface area contributed by atoms with Crippen LogP contribution in [0, 0.1) is 0 Å². The third kappa shape index (κ3) is 4.14. The molecule has 1 fully saturated rings. The summed E-state index contributed by atoms with van der Waals surface area (Å²) >= 11 is 1.53. The molecule has 0 bridgehead atoms. The zero-order valence-electron chi connectivity index (χ0n) is 14.8. The summed E-state index contributed by atoms with van der Waals surface area (Å²) in [5, 5.41) is 3.72. The number of amides is 2. The van der Waals surface area contributed by atoms with Crippen LogP contribution in [0.5, 0.6) is 0 Å². The van der Waals surface area contributed by atoms with E-state index in [0.717, 1.165) is 40.5 Å². The second kappa shape index (κ2) is 7.84. The van der Waals surface area contributed by atoms with Crippen LogP contribution in [0.4, 0.5) is 11.4 Å². The molecule has 0 aliphatic carbocycles. The van der Waals surface area contributed by atoms with E-state index in [1.54, 1.807) is 4.90 Å². The van der Waals surface area contributed by atoms with Crippen LogP contribution in [-0.4, -0.2) is 34.1 Å². The molecule has 0 atom stereocenters. The normalized spacial score (nSPS) is 14.1. The molecule has 1 aliphatic rings. The summed E-state index contributed by atoms with van der Waals surface area (Å²) < 4.78 is 0. The van der Waals surface area contributed by atoms with Gasteiger partial charge in [-0.1, -0.05) is 23.9 Å². The largest absolute Gasteiger partial charge is 0.333 e. The molecule has 27 heavy (non-hydrogen) atoms. The van der Waals surface area contributed by atoms with Crippen molar-refractivity contribution in [1.29, 1.82) is 0 Å². The summed E-state index contributed by atoms with van der Waals surface area (Å²) in [6.45, 7) is 0.767. The Kier molecular flexibility index (Phi) is 5.11. The number of nitrogens with one attached hydrogen (secondary N) is 2. The second-order valence-electron chi connectivity index (χ2n) is 6.40.